The Hall–Kier alpha value is -3.40. The Morgan fingerprint density at radius 3 is 2.65 bits per heavy atom. The summed E-state index contributed by atoms with van der Waals surface area (Å²) in [7, 11) is 4.71. The summed E-state index contributed by atoms with van der Waals surface area (Å²) in [4.78, 5) is 28.8. The molecule has 1 fully saturated rings. The van der Waals surface area contributed by atoms with Crippen molar-refractivity contribution in [2.24, 2.45) is 0 Å². The summed E-state index contributed by atoms with van der Waals surface area (Å²) in [6, 6.07) is 7.21. The van der Waals surface area contributed by atoms with Crippen molar-refractivity contribution in [1.82, 2.24) is 15.5 Å². The van der Waals surface area contributed by atoms with Gasteiger partial charge < -0.3 is 24.6 Å². The molecular weight excluding hydrogens is 420 g/mol. The number of carbonyl (C=O) groups excluding carboxylic acids is 2. The fourth-order valence-electron chi connectivity index (χ4n) is 3.27. The van der Waals surface area contributed by atoms with Crippen LogP contribution in [0.2, 0.25) is 0 Å². The van der Waals surface area contributed by atoms with Crippen LogP contribution in [0.15, 0.2) is 34.2 Å². The lowest BCUT2D eigenvalue weighted by Gasteiger charge is -2.10. The van der Waals surface area contributed by atoms with Gasteiger partial charge >= 0.3 is 0 Å². The molecule has 2 N–H and O–H groups in total. The van der Waals surface area contributed by atoms with E-state index in [1.54, 1.807) is 44.8 Å². The molecule has 162 valence electrons. The van der Waals surface area contributed by atoms with Gasteiger partial charge in [-0.1, -0.05) is 5.16 Å². The van der Waals surface area contributed by atoms with E-state index in [9.17, 15) is 9.59 Å². The zero-order chi connectivity index (χ0) is 22.0. The zero-order valence-electron chi connectivity index (χ0n) is 17.4. The fourth-order valence-corrected chi connectivity index (χ4v) is 3.97. The minimum absolute atomic E-state index is 0.132. The Morgan fingerprint density at radius 1 is 1.19 bits per heavy atom. The lowest BCUT2D eigenvalue weighted by atomic mass is 10.0. The van der Waals surface area contributed by atoms with E-state index in [0.717, 1.165) is 5.56 Å². The molecule has 31 heavy (non-hydrogen) atoms. The van der Waals surface area contributed by atoms with Crippen LogP contribution in [0.5, 0.6) is 11.5 Å². The third kappa shape index (κ3) is 4.11. The van der Waals surface area contributed by atoms with Gasteiger partial charge in [0.25, 0.3) is 0 Å². The van der Waals surface area contributed by atoms with Crippen LogP contribution in [0.4, 0.5) is 5.13 Å². The Kier molecular flexibility index (Phi) is 5.64. The average molecular weight is 442 g/mol. The molecule has 9 nitrogen and oxygen atoms in total. The minimum atomic E-state index is -0.731. The molecule has 1 aliphatic rings. The molecule has 3 aromatic rings. The number of likely N-dealkylation sites (N-methyl/N-ethyl adjacent to an activating group) is 1. The number of anilines is 1. The first-order valence-electron chi connectivity index (χ1n) is 9.65. The van der Waals surface area contributed by atoms with Crippen LogP contribution >= 0.6 is 11.3 Å². The topological polar surface area (TPSA) is 116 Å². The number of amides is 2. The molecule has 0 saturated heterocycles. The molecule has 2 amide bonds. The number of carbonyl (C=O) groups is 2. The highest BCUT2D eigenvalue weighted by atomic mass is 32.1. The predicted octanol–water partition coefficient (Wildman–Crippen LogP) is 2.77. The number of rotatable bonds is 8. The van der Waals surface area contributed by atoms with Gasteiger partial charge in [0.2, 0.25) is 11.8 Å². The minimum Gasteiger partial charge on any atom is -0.493 e. The van der Waals surface area contributed by atoms with Crippen molar-refractivity contribution in [2.45, 2.75) is 24.7 Å². The highest BCUT2D eigenvalue weighted by Gasteiger charge is 2.54. The number of thiazole rings is 1. The largest absolute Gasteiger partial charge is 0.493 e. The van der Waals surface area contributed by atoms with Gasteiger partial charge in [0.05, 0.1) is 37.4 Å². The van der Waals surface area contributed by atoms with Gasteiger partial charge in [-0.25, -0.2) is 4.98 Å². The summed E-state index contributed by atoms with van der Waals surface area (Å²) < 4.78 is 16.1. The molecule has 1 saturated carbocycles. The van der Waals surface area contributed by atoms with Gasteiger partial charge in [0, 0.05) is 24.1 Å². The first-order chi connectivity index (χ1) is 15.0. The van der Waals surface area contributed by atoms with Crippen molar-refractivity contribution in [3.8, 4) is 22.8 Å². The summed E-state index contributed by atoms with van der Waals surface area (Å²) >= 11 is 1.29. The van der Waals surface area contributed by atoms with E-state index in [4.69, 9.17) is 14.0 Å². The lowest BCUT2D eigenvalue weighted by molar-refractivity contribution is -0.120. The molecule has 1 aromatic carbocycles. The van der Waals surface area contributed by atoms with E-state index in [2.05, 4.69) is 20.8 Å². The highest BCUT2D eigenvalue weighted by molar-refractivity contribution is 7.14. The molecular formula is C21H22N4O5S. The highest BCUT2D eigenvalue weighted by Crippen LogP contribution is 2.49. The summed E-state index contributed by atoms with van der Waals surface area (Å²) in [5.41, 5.74) is 1.23. The standard InChI is InChI=1S/C21H22N4O5S/c1-22-18(26)9-13-11-31-20(23-13)24-19(27)21(6-7-21)17-10-15(30-25-17)12-4-5-14(28-2)16(8-12)29-3/h4-5,8,10-11H,6-7,9H2,1-3H3,(H,22,26)(H,23,24,27). The molecule has 4 rings (SSSR count). The molecule has 1 aliphatic carbocycles. The van der Waals surface area contributed by atoms with Crippen molar-refractivity contribution in [3.05, 3.63) is 41.0 Å². The van der Waals surface area contributed by atoms with Crippen molar-refractivity contribution in [2.75, 3.05) is 26.6 Å². The maximum Gasteiger partial charge on any atom is 0.238 e. The van der Waals surface area contributed by atoms with E-state index < -0.39 is 5.41 Å². The van der Waals surface area contributed by atoms with Crippen molar-refractivity contribution < 1.29 is 23.6 Å². The first-order valence-corrected chi connectivity index (χ1v) is 10.5. The number of nitrogens with zero attached hydrogens (tertiary/aromatic N) is 2. The third-order valence-corrected chi connectivity index (χ3v) is 6.05. The van der Waals surface area contributed by atoms with Gasteiger partial charge in [-0.05, 0) is 31.0 Å². The average Bonchev–Trinajstić information content (AvgIpc) is 3.24. The van der Waals surface area contributed by atoms with Crippen LogP contribution in [0.3, 0.4) is 0 Å². The van der Waals surface area contributed by atoms with Gasteiger partial charge in [0.1, 0.15) is 0 Å². The lowest BCUT2D eigenvalue weighted by Crippen LogP contribution is -2.28. The number of hydrogen-bond acceptors (Lipinski definition) is 8. The van der Waals surface area contributed by atoms with E-state index in [1.165, 1.54) is 11.3 Å². The Bertz CT molecular complexity index is 1120. The molecule has 0 spiro atoms. The number of ether oxygens (including phenoxy) is 2. The van der Waals surface area contributed by atoms with Crippen LogP contribution in [0, 0.1) is 0 Å². The summed E-state index contributed by atoms with van der Waals surface area (Å²) in [6.45, 7) is 0. The maximum absolute atomic E-state index is 13.0. The van der Waals surface area contributed by atoms with Crippen LogP contribution in [0.1, 0.15) is 24.2 Å². The molecule has 10 heteroatoms. The van der Waals surface area contributed by atoms with Crippen LogP contribution in [-0.2, 0) is 21.4 Å². The summed E-state index contributed by atoms with van der Waals surface area (Å²) in [6.07, 6.45) is 1.52. The number of nitrogens with one attached hydrogen (secondary N) is 2. The Labute approximate surface area is 182 Å². The first kappa shape index (κ1) is 20.9. The fraction of sp³-hybridized carbons (Fsp3) is 0.333. The Morgan fingerprint density at radius 2 is 1.97 bits per heavy atom. The van der Waals surface area contributed by atoms with E-state index >= 15 is 0 Å². The SMILES string of the molecule is CNC(=O)Cc1csc(NC(=O)C2(c3cc(-c4ccc(OC)c(OC)c4)on3)CC2)n1. The smallest absolute Gasteiger partial charge is 0.238 e. The molecule has 2 aromatic heterocycles. The van der Waals surface area contributed by atoms with Crippen molar-refractivity contribution in [1.29, 1.82) is 0 Å². The maximum atomic E-state index is 13.0. The summed E-state index contributed by atoms with van der Waals surface area (Å²) in [5.74, 6) is 1.42. The normalized spacial score (nSPS) is 14.0. The van der Waals surface area contributed by atoms with Gasteiger partial charge in [-0.15, -0.1) is 11.3 Å². The van der Waals surface area contributed by atoms with Crippen LogP contribution < -0.4 is 20.1 Å². The second kappa shape index (κ2) is 8.38. The predicted molar refractivity (Wildman–Crippen MR) is 114 cm³/mol. The number of methoxy groups -OCH3 is 2. The van der Waals surface area contributed by atoms with Crippen LogP contribution in [-0.4, -0.2) is 43.2 Å². The zero-order valence-corrected chi connectivity index (χ0v) is 18.2. The molecule has 0 aliphatic heterocycles. The molecule has 0 atom stereocenters. The van der Waals surface area contributed by atoms with Crippen molar-refractivity contribution >= 4 is 28.3 Å². The third-order valence-electron chi connectivity index (χ3n) is 5.25. The number of hydrogen-bond donors (Lipinski definition) is 2. The quantitative estimate of drug-likeness (QED) is 0.551. The monoisotopic (exact) mass is 442 g/mol. The second-order valence-electron chi connectivity index (χ2n) is 7.18. The van der Waals surface area contributed by atoms with Gasteiger partial charge in [-0.2, -0.15) is 0 Å². The number of benzene rings is 1. The van der Waals surface area contributed by atoms with Gasteiger partial charge in [0.15, 0.2) is 22.4 Å². The van der Waals surface area contributed by atoms with Crippen LogP contribution in [0.25, 0.3) is 11.3 Å². The van der Waals surface area contributed by atoms with Crippen molar-refractivity contribution in [3.63, 3.8) is 0 Å². The van der Waals surface area contributed by atoms with E-state index in [-0.39, 0.29) is 18.2 Å². The van der Waals surface area contributed by atoms with E-state index in [1.807, 2.05) is 6.07 Å². The molecule has 0 bridgehead atoms. The van der Waals surface area contributed by atoms with Gasteiger partial charge in [-0.3, -0.25) is 9.59 Å². The Balaban J connectivity index is 1.50. The number of aromatic nitrogens is 2. The summed E-state index contributed by atoms with van der Waals surface area (Å²) in [5, 5.41) is 11.8. The molecule has 0 radical (unpaired) electrons. The van der Waals surface area contributed by atoms with E-state index in [0.29, 0.717) is 46.6 Å². The second-order valence-corrected chi connectivity index (χ2v) is 8.03. The molecule has 0 unspecified atom stereocenters. The molecule has 2 heterocycles.